The summed E-state index contributed by atoms with van der Waals surface area (Å²) >= 11 is 0. The zero-order valence-electron chi connectivity index (χ0n) is 35.7. The van der Waals surface area contributed by atoms with Gasteiger partial charge in [0.2, 0.25) is 5.91 Å². The van der Waals surface area contributed by atoms with Crippen molar-refractivity contribution in [3.63, 3.8) is 0 Å². The van der Waals surface area contributed by atoms with Gasteiger partial charge in [0.1, 0.15) is 6.10 Å². The molecule has 0 heterocycles. The number of hydrogen-bond acceptors (Lipinski definition) is 4. The van der Waals surface area contributed by atoms with Gasteiger partial charge in [0.05, 0.1) is 18.8 Å². The first-order chi connectivity index (χ1) is 26.1. The fraction of sp³-hybridized carbons (Fsp3) is 0.896. The fourth-order valence-corrected chi connectivity index (χ4v) is 7.32. The number of aliphatic hydroxyl groups excluding tert-OH is 3. The smallest absolute Gasteiger partial charge is 0.249 e. The van der Waals surface area contributed by atoms with Crippen LogP contribution < -0.4 is 5.32 Å². The van der Waals surface area contributed by atoms with E-state index in [1.165, 1.54) is 193 Å². The summed E-state index contributed by atoms with van der Waals surface area (Å²) in [5.74, 6) is -0.509. The van der Waals surface area contributed by atoms with E-state index >= 15 is 0 Å². The Labute approximate surface area is 331 Å². The lowest BCUT2D eigenvalue weighted by Crippen LogP contribution is -2.48. The lowest BCUT2D eigenvalue weighted by Gasteiger charge is -2.21. The SMILES string of the molecule is CCCCCCCCCCCCCCCCC/C=C/CC/C=C/C(O)C(CO)NC(=O)C(O)CCCCCCCCCCCCCCCCCCCC. The molecular weight excluding hydrogens is 655 g/mol. The van der Waals surface area contributed by atoms with Gasteiger partial charge >= 0.3 is 0 Å². The zero-order chi connectivity index (χ0) is 38.7. The van der Waals surface area contributed by atoms with Crippen molar-refractivity contribution in [2.45, 2.75) is 270 Å². The van der Waals surface area contributed by atoms with Crippen molar-refractivity contribution in [3.8, 4) is 0 Å². The second-order valence-corrected chi connectivity index (χ2v) is 16.3. The Morgan fingerprint density at radius 2 is 0.774 bits per heavy atom. The lowest BCUT2D eigenvalue weighted by molar-refractivity contribution is -0.131. The van der Waals surface area contributed by atoms with Gasteiger partial charge in [-0.3, -0.25) is 4.79 Å². The van der Waals surface area contributed by atoms with Crippen molar-refractivity contribution in [1.82, 2.24) is 5.32 Å². The Hall–Kier alpha value is -1.17. The van der Waals surface area contributed by atoms with Crippen LogP contribution in [-0.2, 0) is 4.79 Å². The quantitative estimate of drug-likeness (QED) is 0.0369. The van der Waals surface area contributed by atoms with Crippen LogP contribution in [0.15, 0.2) is 24.3 Å². The fourth-order valence-electron chi connectivity index (χ4n) is 7.32. The summed E-state index contributed by atoms with van der Waals surface area (Å²) in [4.78, 5) is 12.5. The van der Waals surface area contributed by atoms with Crippen LogP contribution in [0.4, 0.5) is 0 Å². The molecule has 0 bridgehead atoms. The van der Waals surface area contributed by atoms with Gasteiger partial charge in [-0.1, -0.05) is 244 Å². The molecule has 3 unspecified atom stereocenters. The molecule has 314 valence electrons. The third-order valence-corrected chi connectivity index (χ3v) is 11.0. The van der Waals surface area contributed by atoms with Crippen molar-refractivity contribution >= 4 is 5.91 Å². The molecule has 4 N–H and O–H groups in total. The van der Waals surface area contributed by atoms with E-state index < -0.39 is 24.2 Å². The number of carbonyl (C=O) groups excluding carboxylic acids is 1. The van der Waals surface area contributed by atoms with Gasteiger partial charge in [0.25, 0.3) is 0 Å². The second kappa shape index (κ2) is 43.6. The molecule has 0 aromatic heterocycles. The molecule has 5 nitrogen and oxygen atoms in total. The number of nitrogens with one attached hydrogen (secondary N) is 1. The van der Waals surface area contributed by atoms with Gasteiger partial charge in [0, 0.05) is 0 Å². The first kappa shape index (κ1) is 51.8. The number of aliphatic hydroxyl groups is 3. The maximum absolute atomic E-state index is 12.5. The highest BCUT2D eigenvalue weighted by Gasteiger charge is 2.22. The van der Waals surface area contributed by atoms with Crippen LogP contribution in [0.1, 0.15) is 251 Å². The van der Waals surface area contributed by atoms with Crippen molar-refractivity contribution in [2.24, 2.45) is 0 Å². The Bertz CT molecular complexity index is 784. The monoisotopic (exact) mass is 748 g/mol. The van der Waals surface area contributed by atoms with E-state index in [2.05, 4.69) is 31.3 Å². The van der Waals surface area contributed by atoms with E-state index in [0.29, 0.717) is 6.42 Å². The average Bonchev–Trinajstić information content (AvgIpc) is 3.16. The predicted molar refractivity (Wildman–Crippen MR) is 231 cm³/mol. The minimum absolute atomic E-state index is 0.373. The lowest BCUT2D eigenvalue weighted by atomic mass is 10.0. The zero-order valence-corrected chi connectivity index (χ0v) is 35.7. The maximum Gasteiger partial charge on any atom is 0.249 e. The van der Waals surface area contributed by atoms with Gasteiger partial charge in [-0.25, -0.2) is 0 Å². The molecule has 0 fully saturated rings. The first-order valence-electron chi connectivity index (χ1n) is 23.7. The highest BCUT2D eigenvalue weighted by Crippen LogP contribution is 2.16. The highest BCUT2D eigenvalue weighted by molar-refractivity contribution is 5.80. The van der Waals surface area contributed by atoms with Gasteiger partial charge in [-0.2, -0.15) is 0 Å². The molecule has 0 spiro atoms. The largest absolute Gasteiger partial charge is 0.394 e. The number of unbranched alkanes of at least 4 members (excludes halogenated alkanes) is 33. The summed E-state index contributed by atoms with van der Waals surface area (Å²) in [5, 5.41) is 33.2. The van der Waals surface area contributed by atoms with Crippen LogP contribution in [0, 0.1) is 0 Å². The summed E-state index contributed by atoms with van der Waals surface area (Å²) in [6.45, 7) is 4.19. The number of amides is 1. The van der Waals surface area contributed by atoms with Crippen molar-refractivity contribution in [1.29, 1.82) is 0 Å². The molecular formula is C48H93NO4. The maximum atomic E-state index is 12.5. The molecule has 53 heavy (non-hydrogen) atoms. The molecule has 0 aliphatic heterocycles. The third-order valence-electron chi connectivity index (χ3n) is 11.0. The molecule has 5 heteroatoms. The van der Waals surface area contributed by atoms with Crippen LogP contribution in [0.2, 0.25) is 0 Å². The average molecular weight is 748 g/mol. The van der Waals surface area contributed by atoms with Gasteiger partial charge in [0.15, 0.2) is 0 Å². The normalized spacial score (nSPS) is 13.7. The van der Waals surface area contributed by atoms with Crippen LogP contribution in [0.5, 0.6) is 0 Å². The van der Waals surface area contributed by atoms with Crippen molar-refractivity contribution in [2.75, 3.05) is 6.61 Å². The van der Waals surface area contributed by atoms with Crippen molar-refractivity contribution < 1.29 is 20.1 Å². The molecule has 0 rings (SSSR count). The van der Waals surface area contributed by atoms with E-state index in [-0.39, 0.29) is 6.61 Å². The van der Waals surface area contributed by atoms with Crippen molar-refractivity contribution in [3.05, 3.63) is 24.3 Å². The summed E-state index contributed by atoms with van der Waals surface area (Å²) < 4.78 is 0. The van der Waals surface area contributed by atoms with Crippen LogP contribution in [0.3, 0.4) is 0 Å². The predicted octanol–water partition coefficient (Wildman–Crippen LogP) is 13.8. The second-order valence-electron chi connectivity index (χ2n) is 16.3. The molecule has 1 amide bonds. The number of hydrogen-bond donors (Lipinski definition) is 4. The van der Waals surface area contributed by atoms with Gasteiger partial charge < -0.3 is 20.6 Å². The summed E-state index contributed by atoms with van der Waals surface area (Å²) in [6.07, 6.45) is 53.6. The highest BCUT2D eigenvalue weighted by atomic mass is 16.3. The molecule has 0 aromatic carbocycles. The summed E-state index contributed by atoms with van der Waals surface area (Å²) in [7, 11) is 0. The standard InChI is InChI=1S/C48H93NO4/c1-3-5-7-9-11-13-15-17-19-21-23-24-25-27-28-30-32-34-36-38-40-42-46(51)45(44-50)49-48(53)47(52)43-41-39-37-35-33-31-29-26-22-20-18-16-14-12-10-8-6-4-2/h32,34,40,42,45-47,50-52H,3-31,33,35-39,41,43-44H2,1-2H3,(H,49,53)/b34-32+,42-40+. The molecule has 0 aliphatic carbocycles. The molecule has 0 aliphatic rings. The molecule has 0 aromatic rings. The Kier molecular flexibility index (Phi) is 42.6. The van der Waals surface area contributed by atoms with Crippen LogP contribution >= 0.6 is 0 Å². The molecule has 0 saturated carbocycles. The van der Waals surface area contributed by atoms with Crippen LogP contribution in [0.25, 0.3) is 0 Å². The van der Waals surface area contributed by atoms with E-state index in [4.69, 9.17) is 0 Å². The van der Waals surface area contributed by atoms with E-state index in [1.807, 2.05) is 6.08 Å². The number of rotatable bonds is 43. The Morgan fingerprint density at radius 3 is 1.15 bits per heavy atom. The molecule has 0 saturated heterocycles. The molecule has 3 atom stereocenters. The minimum Gasteiger partial charge on any atom is -0.394 e. The summed E-state index contributed by atoms with van der Waals surface area (Å²) in [5.41, 5.74) is 0. The van der Waals surface area contributed by atoms with Gasteiger partial charge in [-0.15, -0.1) is 0 Å². The third kappa shape index (κ3) is 38.9. The Balaban J connectivity index is 3.66. The topological polar surface area (TPSA) is 89.8 Å². The molecule has 0 radical (unpaired) electrons. The van der Waals surface area contributed by atoms with E-state index in [9.17, 15) is 20.1 Å². The van der Waals surface area contributed by atoms with Crippen LogP contribution in [-0.4, -0.2) is 46.1 Å². The first-order valence-corrected chi connectivity index (χ1v) is 23.7. The minimum atomic E-state index is -1.10. The number of carbonyl (C=O) groups is 1. The number of allylic oxidation sites excluding steroid dienone is 3. The van der Waals surface area contributed by atoms with E-state index in [1.54, 1.807) is 6.08 Å². The summed E-state index contributed by atoms with van der Waals surface area (Å²) in [6, 6.07) is -0.811. The Morgan fingerprint density at radius 1 is 0.453 bits per heavy atom. The van der Waals surface area contributed by atoms with Gasteiger partial charge in [-0.05, 0) is 32.1 Å². The van der Waals surface area contributed by atoms with E-state index in [0.717, 1.165) is 38.5 Å².